The van der Waals surface area contributed by atoms with Crippen LogP contribution >= 0.6 is 0 Å². The monoisotopic (exact) mass is 345 g/mol. The summed E-state index contributed by atoms with van der Waals surface area (Å²) >= 11 is 0. The first kappa shape index (κ1) is 18.2. The summed E-state index contributed by atoms with van der Waals surface area (Å²) in [5.74, 6) is 1.75. The van der Waals surface area contributed by atoms with Crippen molar-refractivity contribution in [1.82, 2.24) is 10.2 Å². The summed E-state index contributed by atoms with van der Waals surface area (Å²) in [6.07, 6.45) is 5.67. The van der Waals surface area contributed by atoms with Crippen LogP contribution in [0.1, 0.15) is 50.0 Å². The number of amides is 1. The zero-order chi connectivity index (χ0) is 17.5. The van der Waals surface area contributed by atoms with Crippen molar-refractivity contribution in [3.8, 4) is 5.75 Å². The fraction of sp³-hybridized carbons (Fsp3) is 0.650. The molecule has 0 spiro atoms. The van der Waals surface area contributed by atoms with E-state index in [1.54, 1.807) is 0 Å². The standard InChI is InChI=1S/C20H31N3O2/c21-18-9-12-23(13-10-18)20(24)4-2-14-25-19-7-5-16(6-8-19)17-3-1-11-22-15-17/h5-8,17-18,22H,1-4,9-15,21H2. The molecule has 1 amide bonds. The molecule has 0 radical (unpaired) electrons. The van der Waals surface area contributed by atoms with Gasteiger partial charge < -0.3 is 20.7 Å². The second-order valence-corrected chi connectivity index (χ2v) is 7.28. The summed E-state index contributed by atoms with van der Waals surface area (Å²) in [6.45, 7) is 4.41. The van der Waals surface area contributed by atoms with Gasteiger partial charge in [-0.1, -0.05) is 12.1 Å². The molecule has 3 rings (SSSR count). The molecule has 138 valence electrons. The number of benzene rings is 1. The molecule has 5 heteroatoms. The molecule has 0 saturated carbocycles. The van der Waals surface area contributed by atoms with E-state index in [4.69, 9.17) is 10.5 Å². The highest BCUT2D eigenvalue weighted by molar-refractivity contribution is 5.76. The Morgan fingerprint density at radius 1 is 1.20 bits per heavy atom. The van der Waals surface area contributed by atoms with Gasteiger partial charge >= 0.3 is 0 Å². The van der Waals surface area contributed by atoms with Gasteiger partial charge in [0.15, 0.2) is 0 Å². The highest BCUT2D eigenvalue weighted by Gasteiger charge is 2.20. The maximum absolute atomic E-state index is 12.2. The minimum absolute atomic E-state index is 0.232. The van der Waals surface area contributed by atoms with Gasteiger partial charge in [0, 0.05) is 32.1 Å². The van der Waals surface area contributed by atoms with Crippen molar-refractivity contribution in [3.05, 3.63) is 29.8 Å². The third kappa shape index (κ3) is 5.44. The normalized spacial score (nSPS) is 22.0. The van der Waals surface area contributed by atoms with Crippen molar-refractivity contribution >= 4 is 5.91 Å². The van der Waals surface area contributed by atoms with Crippen LogP contribution in [0.3, 0.4) is 0 Å². The minimum atomic E-state index is 0.232. The lowest BCUT2D eigenvalue weighted by atomic mass is 9.92. The van der Waals surface area contributed by atoms with E-state index >= 15 is 0 Å². The predicted octanol–water partition coefficient (Wildman–Crippen LogP) is 2.26. The number of hydrogen-bond acceptors (Lipinski definition) is 4. The Morgan fingerprint density at radius 3 is 2.64 bits per heavy atom. The van der Waals surface area contributed by atoms with Gasteiger partial charge in [-0.15, -0.1) is 0 Å². The van der Waals surface area contributed by atoms with Crippen molar-refractivity contribution in [2.24, 2.45) is 5.73 Å². The molecule has 3 N–H and O–H groups in total. The maximum Gasteiger partial charge on any atom is 0.222 e. The summed E-state index contributed by atoms with van der Waals surface area (Å²) in [7, 11) is 0. The average Bonchev–Trinajstić information content (AvgIpc) is 2.67. The fourth-order valence-corrected chi connectivity index (χ4v) is 3.69. The van der Waals surface area contributed by atoms with Crippen molar-refractivity contribution in [1.29, 1.82) is 0 Å². The first-order chi connectivity index (χ1) is 12.2. The zero-order valence-electron chi connectivity index (χ0n) is 15.1. The molecule has 2 saturated heterocycles. The summed E-state index contributed by atoms with van der Waals surface area (Å²) < 4.78 is 5.80. The van der Waals surface area contributed by atoms with Gasteiger partial charge in [0.05, 0.1) is 6.61 Å². The van der Waals surface area contributed by atoms with Gasteiger partial charge in [-0.2, -0.15) is 0 Å². The van der Waals surface area contributed by atoms with E-state index in [1.807, 2.05) is 4.90 Å². The molecule has 1 aromatic rings. The maximum atomic E-state index is 12.2. The van der Waals surface area contributed by atoms with Crippen LogP contribution in [0.25, 0.3) is 0 Å². The molecule has 0 bridgehead atoms. The zero-order valence-corrected chi connectivity index (χ0v) is 15.1. The van der Waals surface area contributed by atoms with Crippen LogP contribution in [0.5, 0.6) is 5.75 Å². The summed E-state index contributed by atoms with van der Waals surface area (Å²) in [5.41, 5.74) is 7.27. The number of likely N-dealkylation sites (tertiary alicyclic amines) is 1. The second-order valence-electron chi connectivity index (χ2n) is 7.28. The summed E-state index contributed by atoms with van der Waals surface area (Å²) in [4.78, 5) is 14.1. The molecular weight excluding hydrogens is 314 g/mol. The van der Waals surface area contributed by atoms with E-state index in [9.17, 15) is 4.79 Å². The molecule has 5 nitrogen and oxygen atoms in total. The lowest BCUT2D eigenvalue weighted by Crippen LogP contribution is -2.42. The highest BCUT2D eigenvalue weighted by Crippen LogP contribution is 2.25. The second kappa shape index (κ2) is 9.20. The van der Waals surface area contributed by atoms with Crippen LogP contribution in [-0.4, -0.2) is 49.6 Å². The van der Waals surface area contributed by atoms with E-state index in [2.05, 4.69) is 29.6 Å². The quantitative estimate of drug-likeness (QED) is 0.776. The SMILES string of the molecule is NC1CCN(C(=O)CCCOc2ccc(C3CCCNC3)cc2)CC1. The van der Waals surface area contributed by atoms with Gasteiger partial charge in [0.25, 0.3) is 0 Å². The number of piperidine rings is 2. The average molecular weight is 345 g/mol. The Balaban J connectivity index is 1.35. The summed E-state index contributed by atoms with van der Waals surface area (Å²) in [5, 5.41) is 3.46. The number of carbonyl (C=O) groups is 1. The Kier molecular flexibility index (Phi) is 6.70. The van der Waals surface area contributed by atoms with Gasteiger partial charge in [-0.3, -0.25) is 4.79 Å². The van der Waals surface area contributed by atoms with Crippen LogP contribution in [0.15, 0.2) is 24.3 Å². The molecule has 2 fully saturated rings. The highest BCUT2D eigenvalue weighted by atomic mass is 16.5. The third-order valence-electron chi connectivity index (χ3n) is 5.34. The predicted molar refractivity (Wildman–Crippen MR) is 99.8 cm³/mol. The van der Waals surface area contributed by atoms with Gasteiger partial charge in [-0.05, 0) is 62.3 Å². The molecule has 25 heavy (non-hydrogen) atoms. The topological polar surface area (TPSA) is 67.6 Å². The van der Waals surface area contributed by atoms with Crippen LogP contribution in [0.2, 0.25) is 0 Å². The third-order valence-corrected chi connectivity index (χ3v) is 5.34. The molecule has 1 aromatic carbocycles. The Hall–Kier alpha value is -1.59. The van der Waals surface area contributed by atoms with Crippen LogP contribution in [0.4, 0.5) is 0 Å². The van der Waals surface area contributed by atoms with Gasteiger partial charge in [0.2, 0.25) is 5.91 Å². The van der Waals surface area contributed by atoms with Crippen LogP contribution in [-0.2, 0) is 4.79 Å². The number of nitrogens with two attached hydrogens (primary N) is 1. The molecule has 2 aliphatic heterocycles. The largest absolute Gasteiger partial charge is 0.494 e. The van der Waals surface area contributed by atoms with E-state index in [0.29, 0.717) is 18.9 Å². The minimum Gasteiger partial charge on any atom is -0.494 e. The number of hydrogen-bond donors (Lipinski definition) is 2. The van der Waals surface area contributed by atoms with E-state index in [0.717, 1.165) is 51.2 Å². The summed E-state index contributed by atoms with van der Waals surface area (Å²) in [6, 6.07) is 8.72. The van der Waals surface area contributed by atoms with Crippen LogP contribution in [0, 0.1) is 0 Å². The first-order valence-corrected chi connectivity index (χ1v) is 9.69. The molecule has 2 heterocycles. The molecule has 1 unspecified atom stereocenters. The van der Waals surface area contributed by atoms with Crippen LogP contribution < -0.4 is 15.8 Å². The van der Waals surface area contributed by atoms with Crippen molar-refractivity contribution < 1.29 is 9.53 Å². The fourth-order valence-electron chi connectivity index (χ4n) is 3.69. The van der Waals surface area contributed by atoms with E-state index in [-0.39, 0.29) is 11.9 Å². The van der Waals surface area contributed by atoms with Crippen molar-refractivity contribution in [3.63, 3.8) is 0 Å². The Labute approximate surface area is 150 Å². The van der Waals surface area contributed by atoms with Gasteiger partial charge in [0.1, 0.15) is 5.75 Å². The van der Waals surface area contributed by atoms with Gasteiger partial charge in [-0.25, -0.2) is 0 Å². The molecule has 0 aromatic heterocycles. The Morgan fingerprint density at radius 2 is 1.96 bits per heavy atom. The van der Waals surface area contributed by atoms with Crippen molar-refractivity contribution in [2.45, 2.75) is 50.5 Å². The van der Waals surface area contributed by atoms with Crippen molar-refractivity contribution in [2.75, 3.05) is 32.8 Å². The number of carbonyl (C=O) groups excluding carboxylic acids is 1. The molecule has 2 aliphatic rings. The van der Waals surface area contributed by atoms with E-state index < -0.39 is 0 Å². The number of nitrogens with zero attached hydrogens (tertiary/aromatic N) is 1. The number of rotatable bonds is 6. The number of ether oxygens (including phenoxy) is 1. The molecular formula is C20H31N3O2. The smallest absolute Gasteiger partial charge is 0.222 e. The van der Waals surface area contributed by atoms with E-state index in [1.165, 1.54) is 18.4 Å². The Bertz CT molecular complexity index is 532. The lowest BCUT2D eigenvalue weighted by Gasteiger charge is -2.30. The number of nitrogens with one attached hydrogen (secondary N) is 1. The molecule has 0 aliphatic carbocycles. The molecule has 1 atom stereocenters. The first-order valence-electron chi connectivity index (χ1n) is 9.69. The lowest BCUT2D eigenvalue weighted by molar-refractivity contribution is -0.132.